The summed E-state index contributed by atoms with van der Waals surface area (Å²) in [5.41, 5.74) is 6.60. The number of pyridine rings is 1. The van der Waals surface area contributed by atoms with E-state index in [9.17, 15) is 0 Å². The molecule has 0 aliphatic rings. The van der Waals surface area contributed by atoms with Gasteiger partial charge in [-0.05, 0) is 41.5 Å². The lowest BCUT2D eigenvalue weighted by Gasteiger charge is -2.23. The van der Waals surface area contributed by atoms with Crippen molar-refractivity contribution in [3.63, 3.8) is 0 Å². The van der Waals surface area contributed by atoms with E-state index in [-0.39, 0.29) is 11.9 Å². The van der Waals surface area contributed by atoms with Gasteiger partial charge in [-0.25, -0.2) is 0 Å². The van der Waals surface area contributed by atoms with Crippen LogP contribution in [0.3, 0.4) is 0 Å². The second kappa shape index (κ2) is 5.81. The van der Waals surface area contributed by atoms with Gasteiger partial charge in [0.05, 0.1) is 6.04 Å². The highest BCUT2D eigenvalue weighted by Crippen LogP contribution is 2.12. The number of rotatable bonds is 4. The Morgan fingerprint density at radius 1 is 1.69 bits per heavy atom. The van der Waals surface area contributed by atoms with Gasteiger partial charge in [-0.2, -0.15) is 0 Å². The van der Waals surface area contributed by atoms with Gasteiger partial charge in [-0.1, -0.05) is 5.16 Å². The van der Waals surface area contributed by atoms with Gasteiger partial charge in [-0.15, -0.1) is 0 Å². The van der Waals surface area contributed by atoms with E-state index >= 15 is 0 Å². The average molecular weight is 287 g/mol. The molecule has 1 heterocycles. The van der Waals surface area contributed by atoms with Crippen LogP contribution in [0.1, 0.15) is 12.5 Å². The standard InChI is InChI=1S/C10H15BrN4O/c1-7(10(12)14-16)15(2)6-8-3-9(11)5-13-4-8/h3-5,7,16H,6H2,1-2H3,(H2,12,14). The molecule has 0 aliphatic carbocycles. The summed E-state index contributed by atoms with van der Waals surface area (Å²) in [4.78, 5) is 6.05. The van der Waals surface area contributed by atoms with Crippen molar-refractivity contribution in [3.8, 4) is 0 Å². The first-order valence-electron chi connectivity index (χ1n) is 4.81. The van der Waals surface area contributed by atoms with Crippen molar-refractivity contribution in [2.75, 3.05) is 7.05 Å². The van der Waals surface area contributed by atoms with Crippen LogP contribution >= 0.6 is 15.9 Å². The number of aromatic nitrogens is 1. The van der Waals surface area contributed by atoms with Crippen molar-refractivity contribution in [2.24, 2.45) is 10.9 Å². The largest absolute Gasteiger partial charge is 0.409 e. The van der Waals surface area contributed by atoms with Crippen LogP contribution < -0.4 is 5.73 Å². The van der Waals surface area contributed by atoms with Crippen LogP contribution in [0.5, 0.6) is 0 Å². The van der Waals surface area contributed by atoms with Gasteiger partial charge >= 0.3 is 0 Å². The molecule has 1 aromatic rings. The first kappa shape index (κ1) is 12.9. The SMILES string of the molecule is CC(/C(N)=N/O)N(C)Cc1cncc(Br)c1. The fourth-order valence-corrected chi connectivity index (χ4v) is 1.69. The molecule has 0 bridgehead atoms. The Kier molecular flexibility index (Phi) is 4.70. The lowest BCUT2D eigenvalue weighted by Crippen LogP contribution is -2.40. The topological polar surface area (TPSA) is 74.7 Å². The minimum absolute atomic E-state index is 0.121. The summed E-state index contributed by atoms with van der Waals surface area (Å²) < 4.78 is 0.940. The van der Waals surface area contributed by atoms with Crippen LogP contribution in [0.4, 0.5) is 0 Å². The molecule has 0 amide bonds. The lowest BCUT2D eigenvalue weighted by atomic mass is 10.2. The maximum absolute atomic E-state index is 8.58. The second-order valence-electron chi connectivity index (χ2n) is 3.63. The molecule has 1 unspecified atom stereocenters. The van der Waals surface area contributed by atoms with E-state index in [4.69, 9.17) is 10.9 Å². The Morgan fingerprint density at radius 3 is 2.94 bits per heavy atom. The van der Waals surface area contributed by atoms with Gasteiger partial charge in [0.2, 0.25) is 0 Å². The Morgan fingerprint density at radius 2 is 2.38 bits per heavy atom. The van der Waals surface area contributed by atoms with Gasteiger partial charge in [-0.3, -0.25) is 9.88 Å². The molecule has 1 atom stereocenters. The van der Waals surface area contributed by atoms with Crippen LogP contribution in [0.25, 0.3) is 0 Å². The molecule has 0 aromatic carbocycles. The summed E-state index contributed by atoms with van der Waals surface area (Å²) >= 11 is 3.36. The molecule has 0 saturated carbocycles. The van der Waals surface area contributed by atoms with Crippen molar-refractivity contribution in [1.82, 2.24) is 9.88 Å². The van der Waals surface area contributed by atoms with E-state index in [1.807, 2.05) is 24.9 Å². The molecule has 1 aromatic heterocycles. The number of amidine groups is 1. The Balaban J connectivity index is 2.67. The molecule has 88 valence electrons. The molecule has 6 heteroatoms. The number of oxime groups is 1. The van der Waals surface area contributed by atoms with Gasteiger partial charge in [0.25, 0.3) is 0 Å². The molecule has 16 heavy (non-hydrogen) atoms. The third-order valence-electron chi connectivity index (χ3n) is 2.40. The van der Waals surface area contributed by atoms with E-state index in [2.05, 4.69) is 26.1 Å². The van der Waals surface area contributed by atoms with Crippen molar-refractivity contribution in [1.29, 1.82) is 0 Å². The van der Waals surface area contributed by atoms with Crippen LogP contribution in [0.15, 0.2) is 28.1 Å². The van der Waals surface area contributed by atoms with Gasteiger partial charge in [0.1, 0.15) is 0 Å². The molecular weight excluding hydrogens is 272 g/mol. The Hall–Kier alpha value is -1.14. The first-order chi connectivity index (χ1) is 7.54. The summed E-state index contributed by atoms with van der Waals surface area (Å²) in [7, 11) is 1.91. The van der Waals surface area contributed by atoms with Gasteiger partial charge < -0.3 is 10.9 Å². The number of nitrogens with two attached hydrogens (primary N) is 1. The number of nitrogens with zero attached hydrogens (tertiary/aromatic N) is 3. The predicted octanol–water partition coefficient (Wildman–Crippen LogP) is 1.41. The fourth-order valence-electron chi connectivity index (χ4n) is 1.28. The second-order valence-corrected chi connectivity index (χ2v) is 4.54. The van der Waals surface area contributed by atoms with Crippen LogP contribution in [-0.2, 0) is 6.54 Å². The van der Waals surface area contributed by atoms with E-state index in [0.717, 1.165) is 10.0 Å². The Labute approximate surface area is 103 Å². The minimum atomic E-state index is -0.121. The molecule has 0 saturated heterocycles. The molecule has 0 spiro atoms. The van der Waals surface area contributed by atoms with Gasteiger partial charge in [0.15, 0.2) is 5.84 Å². The van der Waals surface area contributed by atoms with Crippen molar-refractivity contribution in [2.45, 2.75) is 19.5 Å². The van der Waals surface area contributed by atoms with E-state index in [1.165, 1.54) is 0 Å². The first-order valence-corrected chi connectivity index (χ1v) is 5.61. The van der Waals surface area contributed by atoms with Crippen molar-refractivity contribution >= 4 is 21.8 Å². The molecule has 0 radical (unpaired) electrons. The highest BCUT2D eigenvalue weighted by molar-refractivity contribution is 9.10. The van der Waals surface area contributed by atoms with Crippen molar-refractivity contribution < 1.29 is 5.21 Å². The zero-order chi connectivity index (χ0) is 12.1. The average Bonchev–Trinajstić information content (AvgIpc) is 2.27. The molecule has 0 aliphatic heterocycles. The number of hydrogen-bond donors (Lipinski definition) is 2. The monoisotopic (exact) mass is 286 g/mol. The normalized spacial score (nSPS) is 14.1. The van der Waals surface area contributed by atoms with E-state index in [0.29, 0.717) is 6.54 Å². The zero-order valence-corrected chi connectivity index (χ0v) is 10.8. The maximum atomic E-state index is 8.58. The zero-order valence-electron chi connectivity index (χ0n) is 9.26. The molecular formula is C10H15BrN4O. The minimum Gasteiger partial charge on any atom is -0.409 e. The smallest absolute Gasteiger partial charge is 0.156 e. The molecule has 1 rings (SSSR count). The number of hydrogen-bond acceptors (Lipinski definition) is 4. The van der Waals surface area contributed by atoms with Gasteiger partial charge in [0, 0.05) is 23.4 Å². The summed E-state index contributed by atoms with van der Waals surface area (Å²) in [6.45, 7) is 2.56. The summed E-state index contributed by atoms with van der Waals surface area (Å²) in [6, 6.07) is 1.87. The summed E-state index contributed by atoms with van der Waals surface area (Å²) in [5, 5.41) is 11.6. The molecule has 5 nitrogen and oxygen atoms in total. The lowest BCUT2D eigenvalue weighted by molar-refractivity contribution is 0.279. The quantitative estimate of drug-likeness (QED) is 0.380. The van der Waals surface area contributed by atoms with E-state index in [1.54, 1.807) is 12.4 Å². The third-order valence-corrected chi connectivity index (χ3v) is 2.83. The maximum Gasteiger partial charge on any atom is 0.156 e. The summed E-state index contributed by atoms with van der Waals surface area (Å²) in [6.07, 6.45) is 3.52. The highest BCUT2D eigenvalue weighted by Gasteiger charge is 2.14. The fraction of sp³-hybridized carbons (Fsp3) is 0.400. The Bertz CT molecular complexity index is 383. The molecule has 3 N–H and O–H groups in total. The number of likely N-dealkylation sites (N-methyl/N-ethyl adjacent to an activating group) is 1. The number of halogens is 1. The van der Waals surface area contributed by atoms with Crippen molar-refractivity contribution in [3.05, 3.63) is 28.5 Å². The molecule has 0 fully saturated rings. The summed E-state index contributed by atoms with van der Waals surface area (Å²) in [5.74, 6) is 0.199. The van der Waals surface area contributed by atoms with Crippen LogP contribution in [0.2, 0.25) is 0 Å². The third kappa shape index (κ3) is 3.46. The predicted molar refractivity (Wildman–Crippen MR) is 66.3 cm³/mol. The van der Waals surface area contributed by atoms with E-state index < -0.39 is 0 Å². The highest BCUT2D eigenvalue weighted by atomic mass is 79.9. The van der Waals surface area contributed by atoms with Crippen LogP contribution in [0, 0.1) is 0 Å². The van der Waals surface area contributed by atoms with Crippen LogP contribution in [-0.4, -0.2) is 34.0 Å².